The molecule has 0 spiro atoms. The van der Waals surface area contributed by atoms with Crippen molar-refractivity contribution in [1.29, 1.82) is 0 Å². The van der Waals surface area contributed by atoms with E-state index in [1.165, 1.54) is 5.39 Å². The van der Waals surface area contributed by atoms with E-state index in [0.717, 1.165) is 48.5 Å². The second-order valence-electron chi connectivity index (χ2n) is 8.57. The zero-order chi connectivity index (χ0) is 22.1. The first-order valence-electron chi connectivity index (χ1n) is 11.0. The number of piperidine rings is 1. The van der Waals surface area contributed by atoms with Crippen LogP contribution in [0.5, 0.6) is 0 Å². The average molecular weight is 429 g/mol. The van der Waals surface area contributed by atoms with Crippen molar-refractivity contribution < 1.29 is 4.79 Å². The summed E-state index contributed by atoms with van der Waals surface area (Å²) < 4.78 is 2.12. The van der Waals surface area contributed by atoms with Crippen LogP contribution in [0.25, 0.3) is 22.3 Å². The number of hydrogen-bond acceptors (Lipinski definition) is 4. The fourth-order valence-corrected chi connectivity index (χ4v) is 4.36. The molecule has 2 aromatic heterocycles. The largest absolute Gasteiger partial charge is 0.382 e. The predicted molar refractivity (Wildman–Crippen MR) is 129 cm³/mol. The molecule has 3 heterocycles. The van der Waals surface area contributed by atoms with Crippen molar-refractivity contribution in [3.63, 3.8) is 0 Å². The number of carbonyl (C=O) groups is 1. The summed E-state index contributed by atoms with van der Waals surface area (Å²) >= 11 is 0. The van der Waals surface area contributed by atoms with Gasteiger partial charge in [0.15, 0.2) is 5.82 Å². The van der Waals surface area contributed by atoms with Crippen LogP contribution in [0.4, 0.5) is 11.5 Å². The SMILES string of the molecule is CN1CCC(Nc2ccc(C(=O)Nc3cc(-c4cc5ccccc5n4C)[nH]n3)cc2)CC1. The summed E-state index contributed by atoms with van der Waals surface area (Å²) in [5.74, 6) is 0.328. The zero-order valence-electron chi connectivity index (χ0n) is 18.4. The smallest absolute Gasteiger partial charge is 0.256 e. The van der Waals surface area contributed by atoms with Crippen LogP contribution >= 0.6 is 0 Å². The van der Waals surface area contributed by atoms with Crippen molar-refractivity contribution in [2.75, 3.05) is 30.8 Å². The summed E-state index contributed by atoms with van der Waals surface area (Å²) in [6.07, 6.45) is 2.27. The van der Waals surface area contributed by atoms with Crippen LogP contribution in [-0.2, 0) is 7.05 Å². The van der Waals surface area contributed by atoms with Crippen molar-refractivity contribution in [2.24, 2.45) is 7.05 Å². The number of para-hydroxylation sites is 1. The maximum atomic E-state index is 12.7. The number of benzene rings is 2. The summed E-state index contributed by atoms with van der Waals surface area (Å²) in [7, 11) is 4.19. The Balaban J connectivity index is 1.24. The monoisotopic (exact) mass is 428 g/mol. The molecule has 0 saturated carbocycles. The molecule has 0 radical (unpaired) electrons. The van der Waals surface area contributed by atoms with Crippen LogP contribution in [0.2, 0.25) is 0 Å². The lowest BCUT2D eigenvalue weighted by Crippen LogP contribution is -2.36. The minimum atomic E-state index is -0.175. The van der Waals surface area contributed by atoms with Crippen molar-refractivity contribution in [1.82, 2.24) is 19.7 Å². The molecule has 4 aromatic rings. The molecule has 7 heteroatoms. The number of hydrogen-bond donors (Lipinski definition) is 3. The number of aryl methyl sites for hydroxylation is 1. The summed E-state index contributed by atoms with van der Waals surface area (Å²) in [5.41, 5.74) is 4.68. The van der Waals surface area contributed by atoms with Gasteiger partial charge in [0.05, 0.1) is 11.4 Å². The van der Waals surface area contributed by atoms with E-state index in [1.54, 1.807) is 0 Å². The number of aromatic nitrogens is 3. The highest BCUT2D eigenvalue weighted by Gasteiger charge is 2.17. The Bertz CT molecular complexity index is 1230. The molecule has 1 aliphatic heterocycles. The molecule has 164 valence electrons. The van der Waals surface area contributed by atoms with Crippen LogP contribution in [0.3, 0.4) is 0 Å². The Morgan fingerprint density at radius 1 is 1.03 bits per heavy atom. The fraction of sp³-hybridized carbons (Fsp3) is 0.280. The molecule has 0 aliphatic carbocycles. The van der Waals surface area contributed by atoms with Crippen molar-refractivity contribution in [3.8, 4) is 11.4 Å². The first kappa shape index (κ1) is 20.3. The summed E-state index contributed by atoms with van der Waals surface area (Å²) in [4.78, 5) is 15.1. The van der Waals surface area contributed by atoms with Gasteiger partial charge in [-0.2, -0.15) is 5.10 Å². The van der Waals surface area contributed by atoms with E-state index < -0.39 is 0 Å². The molecule has 7 nitrogen and oxygen atoms in total. The average Bonchev–Trinajstić information content (AvgIpc) is 3.40. The van der Waals surface area contributed by atoms with E-state index in [4.69, 9.17) is 0 Å². The highest BCUT2D eigenvalue weighted by molar-refractivity contribution is 6.04. The second-order valence-corrected chi connectivity index (χ2v) is 8.57. The van der Waals surface area contributed by atoms with E-state index in [-0.39, 0.29) is 5.91 Å². The molecule has 3 N–H and O–H groups in total. The van der Waals surface area contributed by atoms with Gasteiger partial charge in [0, 0.05) is 41.3 Å². The lowest BCUT2D eigenvalue weighted by Gasteiger charge is -2.30. The third-order valence-electron chi connectivity index (χ3n) is 6.28. The Morgan fingerprint density at radius 2 is 1.78 bits per heavy atom. The molecule has 0 bridgehead atoms. The number of anilines is 2. The summed E-state index contributed by atoms with van der Waals surface area (Å²) in [6.45, 7) is 2.23. The highest BCUT2D eigenvalue weighted by atomic mass is 16.1. The highest BCUT2D eigenvalue weighted by Crippen LogP contribution is 2.27. The minimum absolute atomic E-state index is 0.175. The van der Waals surface area contributed by atoms with Crippen molar-refractivity contribution >= 4 is 28.3 Å². The fourth-order valence-electron chi connectivity index (χ4n) is 4.36. The topological polar surface area (TPSA) is 78.0 Å². The molecule has 1 amide bonds. The third kappa shape index (κ3) is 4.11. The molecule has 2 aromatic carbocycles. The molecule has 32 heavy (non-hydrogen) atoms. The van der Waals surface area contributed by atoms with Gasteiger partial charge in [-0.05, 0) is 69.4 Å². The molecule has 1 saturated heterocycles. The standard InChI is InChI=1S/C25H28N6O/c1-30-13-11-20(12-14-30)26-19-9-7-17(8-10-19)25(32)27-24-16-21(28-29-24)23-15-18-5-3-4-6-22(18)31(23)2/h3-10,15-16,20,26H,11-14H2,1-2H3,(H2,27,28,29,32). The molecule has 0 atom stereocenters. The second kappa shape index (κ2) is 8.51. The maximum absolute atomic E-state index is 12.7. The van der Waals surface area contributed by atoms with Crippen LogP contribution < -0.4 is 10.6 Å². The van der Waals surface area contributed by atoms with Crippen LogP contribution in [0.1, 0.15) is 23.2 Å². The third-order valence-corrected chi connectivity index (χ3v) is 6.28. The number of nitrogens with zero attached hydrogens (tertiary/aromatic N) is 3. The Labute approximate surface area is 187 Å². The van der Waals surface area contributed by atoms with E-state index in [0.29, 0.717) is 17.4 Å². The zero-order valence-corrected chi connectivity index (χ0v) is 18.4. The normalized spacial score (nSPS) is 15.2. The molecule has 1 aliphatic rings. The van der Waals surface area contributed by atoms with Crippen LogP contribution in [0, 0.1) is 0 Å². The number of amides is 1. The Hall–Kier alpha value is -3.58. The molecule has 1 fully saturated rings. The maximum Gasteiger partial charge on any atom is 0.256 e. The molecular formula is C25H28N6O. The molecular weight excluding hydrogens is 400 g/mol. The van der Waals surface area contributed by atoms with Gasteiger partial charge in [0.1, 0.15) is 0 Å². The first-order chi connectivity index (χ1) is 15.6. The lowest BCUT2D eigenvalue weighted by molar-refractivity contribution is 0.102. The van der Waals surface area contributed by atoms with Crippen molar-refractivity contribution in [3.05, 3.63) is 66.2 Å². The first-order valence-corrected chi connectivity index (χ1v) is 11.0. The van der Waals surface area contributed by atoms with Gasteiger partial charge in [-0.3, -0.25) is 9.89 Å². The van der Waals surface area contributed by atoms with Gasteiger partial charge in [-0.15, -0.1) is 0 Å². The summed E-state index contributed by atoms with van der Waals surface area (Å²) in [6, 6.07) is 20.3. The van der Waals surface area contributed by atoms with Crippen LogP contribution in [0.15, 0.2) is 60.7 Å². The molecule has 5 rings (SSSR count). The van der Waals surface area contributed by atoms with E-state index in [9.17, 15) is 4.79 Å². The van der Waals surface area contributed by atoms with Gasteiger partial charge >= 0.3 is 0 Å². The van der Waals surface area contributed by atoms with E-state index in [2.05, 4.69) is 55.5 Å². The van der Waals surface area contributed by atoms with Gasteiger partial charge in [0.25, 0.3) is 5.91 Å². The van der Waals surface area contributed by atoms with Crippen LogP contribution in [-0.4, -0.2) is 51.8 Å². The number of H-pyrrole nitrogens is 1. The number of fused-ring (bicyclic) bond motifs is 1. The number of nitrogens with one attached hydrogen (secondary N) is 3. The molecule has 0 unspecified atom stereocenters. The van der Waals surface area contributed by atoms with E-state index >= 15 is 0 Å². The number of rotatable bonds is 5. The van der Waals surface area contributed by atoms with Gasteiger partial charge in [-0.25, -0.2) is 0 Å². The van der Waals surface area contributed by atoms with Gasteiger partial charge in [-0.1, -0.05) is 18.2 Å². The quantitative estimate of drug-likeness (QED) is 0.442. The van der Waals surface area contributed by atoms with Crippen molar-refractivity contribution in [2.45, 2.75) is 18.9 Å². The number of aromatic amines is 1. The predicted octanol–water partition coefficient (Wildman–Crippen LogP) is 4.33. The number of likely N-dealkylation sites (tertiary alicyclic amines) is 1. The number of carbonyl (C=O) groups excluding carboxylic acids is 1. The van der Waals surface area contributed by atoms with Gasteiger partial charge < -0.3 is 20.1 Å². The lowest BCUT2D eigenvalue weighted by atomic mass is 10.0. The van der Waals surface area contributed by atoms with Gasteiger partial charge in [0.2, 0.25) is 0 Å². The van der Waals surface area contributed by atoms with E-state index in [1.807, 2.05) is 49.5 Å². The summed E-state index contributed by atoms with van der Waals surface area (Å²) in [5, 5.41) is 15.0. The Kier molecular flexibility index (Phi) is 5.41. The minimum Gasteiger partial charge on any atom is -0.382 e. The Morgan fingerprint density at radius 3 is 2.53 bits per heavy atom.